The van der Waals surface area contributed by atoms with Crippen LogP contribution < -0.4 is 4.74 Å². The number of rotatable bonds is 5. The van der Waals surface area contributed by atoms with Crippen molar-refractivity contribution in [2.45, 2.75) is 125 Å². The van der Waals surface area contributed by atoms with Crippen LogP contribution in [0.5, 0.6) is 5.75 Å². The first-order valence-electron chi connectivity index (χ1n) is 15.4. The van der Waals surface area contributed by atoms with Gasteiger partial charge in [-0.25, -0.2) is 9.18 Å². The molecular weight excluding hydrogens is 533 g/mol. The molecule has 2 aromatic carbocycles. The molecule has 1 unspecified atom stereocenters. The normalized spacial score (nSPS) is 19.6. The Kier molecular flexibility index (Phi) is 7.97. The van der Waals surface area contributed by atoms with Gasteiger partial charge in [0, 0.05) is 23.7 Å². The summed E-state index contributed by atoms with van der Waals surface area (Å²) in [5.74, 6) is -1.16. The van der Waals surface area contributed by atoms with Crippen LogP contribution in [0, 0.1) is 32.0 Å². The fraction of sp³-hybridized carbons (Fsp3) is 0.600. The highest BCUT2D eigenvalue weighted by molar-refractivity contribution is 5.89. The third kappa shape index (κ3) is 5.57. The van der Waals surface area contributed by atoms with Crippen LogP contribution in [0.1, 0.15) is 112 Å². The highest BCUT2D eigenvalue weighted by atomic mass is 19.1. The van der Waals surface area contributed by atoms with Crippen molar-refractivity contribution in [1.82, 2.24) is 4.90 Å². The van der Waals surface area contributed by atoms with E-state index >= 15 is 4.39 Å². The second-order valence-electron chi connectivity index (χ2n) is 14.3. The molecule has 0 radical (unpaired) electrons. The maximum absolute atomic E-state index is 15.6. The first-order valence-corrected chi connectivity index (χ1v) is 15.4. The minimum Gasteiger partial charge on any atom is -0.490 e. The van der Waals surface area contributed by atoms with Gasteiger partial charge in [0.2, 0.25) is 5.91 Å². The van der Waals surface area contributed by atoms with Crippen molar-refractivity contribution in [3.05, 3.63) is 50.8 Å². The molecule has 0 aromatic heterocycles. The van der Waals surface area contributed by atoms with E-state index in [-0.39, 0.29) is 18.4 Å². The van der Waals surface area contributed by atoms with Crippen LogP contribution in [0.2, 0.25) is 0 Å². The second-order valence-corrected chi connectivity index (χ2v) is 14.3. The SMILES string of the molecule is Cc1c(-c2c(C)c3c(c(C)c2C(OC(C)(C)C)C(=O)O)CC(=O)N(C2CCC(C)(C)CC2)C3)cc(F)c2c1CCCO2. The Bertz CT molecular complexity index is 1430. The smallest absolute Gasteiger partial charge is 0.337 e. The van der Waals surface area contributed by atoms with Gasteiger partial charge in [0.25, 0.3) is 0 Å². The van der Waals surface area contributed by atoms with E-state index in [9.17, 15) is 14.7 Å². The van der Waals surface area contributed by atoms with Crippen molar-refractivity contribution >= 4 is 11.9 Å². The van der Waals surface area contributed by atoms with Crippen LogP contribution in [0.3, 0.4) is 0 Å². The van der Waals surface area contributed by atoms with E-state index in [0.29, 0.717) is 47.4 Å². The lowest BCUT2D eigenvalue weighted by atomic mass is 9.74. The van der Waals surface area contributed by atoms with Gasteiger partial charge in [-0.1, -0.05) is 13.8 Å². The van der Waals surface area contributed by atoms with Crippen LogP contribution in [-0.4, -0.2) is 40.1 Å². The maximum Gasteiger partial charge on any atom is 0.337 e. The Labute approximate surface area is 249 Å². The van der Waals surface area contributed by atoms with E-state index in [2.05, 4.69) is 13.8 Å². The Morgan fingerprint density at radius 3 is 2.38 bits per heavy atom. The number of halogens is 1. The third-order valence-corrected chi connectivity index (χ3v) is 9.71. The topological polar surface area (TPSA) is 76.1 Å². The summed E-state index contributed by atoms with van der Waals surface area (Å²) >= 11 is 0. The molecule has 6 nitrogen and oxygen atoms in total. The molecule has 0 spiro atoms. The Hall–Kier alpha value is -2.93. The van der Waals surface area contributed by atoms with E-state index in [1.165, 1.54) is 6.07 Å². The fourth-order valence-corrected chi connectivity index (χ4v) is 7.33. The molecule has 7 heteroatoms. The minimum absolute atomic E-state index is 0.0881. The van der Waals surface area contributed by atoms with E-state index in [1.54, 1.807) is 0 Å². The second kappa shape index (κ2) is 11.0. The molecule has 1 aliphatic carbocycles. The van der Waals surface area contributed by atoms with Crippen LogP contribution >= 0.6 is 0 Å². The summed E-state index contributed by atoms with van der Waals surface area (Å²) in [6.07, 6.45) is 4.55. The van der Waals surface area contributed by atoms with Gasteiger partial charge in [0.15, 0.2) is 17.7 Å². The number of carboxylic acid groups (broad SMARTS) is 1. The monoisotopic (exact) mass is 579 g/mol. The molecular formula is C35H46FNO5. The number of carboxylic acids is 1. The van der Waals surface area contributed by atoms with Crippen LogP contribution in [0.25, 0.3) is 11.1 Å². The summed E-state index contributed by atoms with van der Waals surface area (Å²) in [4.78, 5) is 28.6. The zero-order valence-electron chi connectivity index (χ0n) is 26.5. The fourth-order valence-electron chi connectivity index (χ4n) is 7.33. The first kappa shape index (κ1) is 30.5. The van der Waals surface area contributed by atoms with E-state index in [0.717, 1.165) is 65.5 Å². The summed E-state index contributed by atoms with van der Waals surface area (Å²) < 4.78 is 27.6. The number of hydrogen-bond donors (Lipinski definition) is 1. The maximum atomic E-state index is 15.6. The quantitative estimate of drug-likeness (QED) is 0.396. The number of carbonyl (C=O) groups is 2. The Morgan fingerprint density at radius 1 is 1.10 bits per heavy atom. The van der Waals surface area contributed by atoms with Gasteiger partial charge in [0.05, 0.1) is 18.6 Å². The standard InChI is InChI=1S/C35H46FNO5/c1-19-23-10-9-15-41-31(23)27(36)16-25(19)29-21(3)26-18-37(22-11-13-35(7,8)14-12-22)28(38)17-24(26)20(2)30(29)32(33(39)40)42-34(4,5)6/h16,22,32H,9-15,17-18H2,1-8H3,(H,39,40). The summed E-state index contributed by atoms with van der Waals surface area (Å²) in [5.41, 5.74) is 6.71. The zero-order chi connectivity index (χ0) is 30.7. The number of ether oxygens (including phenoxy) is 2. The summed E-state index contributed by atoms with van der Waals surface area (Å²) in [6.45, 7) is 16.9. The summed E-state index contributed by atoms with van der Waals surface area (Å²) in [6, 6.07) is 1.69. The molecule has 1 fully saturated rings. The molecule has 1 amide bonds. The minimum atomic E-state index is -1.28. The number of carbonyl (C=O) groups excluding carboxylic acids is 1. The number of aliphatic carboxylic acids is 1. The average Bonchev–Trinajstić information content (AvgIpc) is 2.91. The molecule has 1 atom stereocenters. The Morgan fingerprint density at radius 2 is 1.76 bits per heavy atom. The van der Waals surface area contributed by atoms with Crippen molar-refractivity contribution in [2.75, 3.05) is 6.61 Å². The van der Waals surface area contributed by atoms with Gasteiger partial charge in [-0.2, -0.15) is 0 Å². The van der Waals surface area contributed by atoms with Crippen molar-refractivity contribution < 1.29 is 28.6 Å². The van der Waals surface area contributed by atoms with Gasteiger partial charge < -0.3 is 19.5 Å². The van der Waals surface area contributed by atoms with Gasteiger partial charge in [-0.3, -0.25) is 4.79 Å². The molecule has 5 rings (SSSR count). The molecule has 2 aromatic rings. The van der Waals surface area contributed by atoms with Crippen molar-refractivity contribution in [1.29, 1.82) is 0 Å². The van der Waals surface area contributed by atoms with Crippen molar-refractivity contribution in [3.63, 3.8) is 0 Å². The molecule has 2 aliphatic heterocycles. The highest BCUT2D eigenvalue weighted by Gasteiger charge is 2.39. The molecule has 3 aliphatic rings. The number of hydrogen-bond acceptors (Lipinski definition) is 4. The van der Waals surface area contributed by atoms with Crippen LogP contribution in [-0.2, 0) is 33.7 Å². The first-order chi connectivity index (χ1) is 19.6. The highest BCUT2D eigenvalue weighted by Crippen LogP contribution is 2.47. The van der Waals surface area contributed by atoms with E-state index in [1.807, 2.05) is 46.4 Å². The van der Waals surface area contributed by atoms with Crippen molar-refractivity contribution in [2.24, 2.45) is 5.41 Å². The number of nitrogens with zero attached hydrogens (tertiary/aromatic N) is 1. The lowest BCUT2D eigenvalue weighted by Crippen LogP contribution is -2.46. The van der Waals surface area contributed by atoms with Gasteiger partial charge >= 0.3 is 5.97 Å². The summed E-state index contributed by atoms with van der Waals surface area (Å²) in [7, 11) is 0. The molecule has 228 valence electrons. The molecule has 0 bridgehead atoms. The molecule has 0 saturated heterocycles. The van der Waals surface area contributed by atoms with Gasteiger partial charge in [-0.05, 0) is 130 Å². The Balaban J connectivity index is 1.73. The largest absolute Gasteiger partial charge is 0.490 e. The third-order valence-electron chi connectivity index (χ3n) is 9.71. The zero-order valence-corrected chi connectivity index (χ0v) is 26.5. The predicted octanol–water partition coefficient (Wildman–Crippen LogP) is 7.54. The van der Waals surface area contributed by atoms with Crippen molar-refractivity contribution in [3.8, 4) is 16.9 Å². The number of benzene rings is 2. The van der Waals surface area contributed by atoms with Gasteiger partial charge in [0.1, 0.15) is 0 Å². The number of amides is 1. The van der Waals surface area contributed by atoms with E-state index in [4.69, 9.17) is 9.47 Å². The van der Waals surface area contributed by atoms with Crippen LogP contribution in [0.15, 0.2) is 6.07 Å². The molecule has 42 heavy (non-hydrogen) atoms. The van der Waals surface area contributed by atoms with E-state index < -0.39 is 23.5 Å². The lowest BCUT2D eigenvalue weighted by Gasteiger charge is -2.43. The average molecular weight is 580 g/mol. The predicted molar refractivity (Wildman–Crippen MR) is 161 cm³/mol. The van der Waals surface area contributed by atoms with Gasteiger partial charge in [-0.15, -0.1) is 0 Å². The molecule has 1 N–H and O–H groups in total. The number of fused-ring (bicyclic) bond motifs is 2. The molecule has 2 heterocycles. The van der Waals surface area contributed by atoms with Crippen LogP contribution in [0.4, 0.5) is 4.39 Å². The molecule has 1 saturated carbocycles. The summed E-state index contributed by atoms with van der Waals surface area (Å²) in [5, 5.41) is 10.5. The lowest BCUT2D eigenvalue weighted by molar-refractivity contribution is -0.160.